The van der Waals surface area contributed by atoms with Crippen molar-refractivity contribution < 1.29 is 13.5 Å². The topological polar surface area (TPSA) is 104 Å². The third-order valence-corrected chi connectivity index (χ3v) is 5.81. The van der Waals surface area contributed by atoms with Gasteiger partial charge in [-0.1, -0.05) is 23.5 Å². The maximum Gasteiger partial charge on any atom is 0.240 e. The van der Waals surface area contributed by atoms with Gasteiger partial charge in [0.2, 0.25) is 10.0 Å². The largest absolute Gasteiger partial charge is 0.395 e. The van der Waals surface area contributed by atoms with E-state index in [2.05, 4.69) is 20.0 Å². The Morgan fingerprint density at radius 2 is 2.04 bits per heavy atom. The summed E-state index contributed by atoms with van der Waals surface area (Å²) in [6.45, 7) is 2.51. The van der Waals surface area contributed by atoms with Crippen molar-refractivity contribution in [3.63, 3.8) is 0 Å². The molecule has 9 heteroatoms. The summed E-state index contributed by atoms with van der Waals surface area (Å²) in [6.07, 6.45) is 0. The normalized spacial score (nSPS) is 11.8. The van der Waals surface area contributed by atoms with Gasteiger partial charge in [0.15, 0.2) is 5.13 Å². The lowest BCUT2D eigenvalue weighted by atomic mass is 10.1. The number of nitrogens with zero attached hydrogens (tertiary/aromatic N) is 2. The van der Waals surface area contributed by atoms with E-state index in [4.69, 9.17) is 5.11 Å². The van der Waals surface area contributed by atoms with Crippen LogP contribution in [0, 0.1) is 0 Å². The number of hydrogen-bond donors (Lipinski definition) is 3. The molecule has 132 valence electrons. The predicted octanol–water partition coefficient (Wildman–Crippen LogP) is 2.06. The molecule has 2 aromatic heterocycles. The second kappa shape index (κ2) is 7.44. The smallest absolute Gasteiger partial charge is 0.240 e. The van der Waals surface area contributed by atoms with Crippen LogP contribution in [0.2, 0.25) is 0 Å². The third-order valence-electron chi connectivity index (χ3n) is 3.43. The summed E-state index contributed by atoms with van der Waals surface area (Å²) in [4.78, 5) is 9.97. The molecule has 3 rings (SSSR count). The Balaban J connectivity index is 1.96. The van der Waals surface area contributed by atoms with Gasteiger partial charge in [0, 0.05) is 18.7 Å². The summed E-state index contributed by atoms with van der Waals surface area (Å²) in [5.74, 6) is 0. The Labute approximate surface area is 149 Å². The van der Waals surface area contributed by atoms with Crippen LogP contribution >= 0.6 is 11.3 Å². The van der Waals surface area contributed by atoms with Crippen molar-refractivity contribution >= 4 is 36.8 Å². The quantitative estimate of drug-likeness (QED) is 0.581. The average molecular weight is 378 g/mol. The molecular formula is C16H18N4O3S2. The van der Waals surface area contributed by atoms with Crippen LogP contribution in [0.1, 0.15) is 6.92 Å². The predicted molar refractivity (Wildman–Crippen MR) is 99.3 cm³/mol. The zero-order valence-corrected chi connectivity index (χ0v) is 15.2. The molecule has 0 spiro atoms. The fourth-order valence-corrected chi connectivity index (χ4v) is 4.26. The van der Waals surface area contributed by atoms with Crippen LogP contribution < -0.4 is 10.0 Å². The maximum absolute atomic E-state index is 12.2. The van der Waals surface area contributed by atoms with E-state index in [9.17, 15) is 8.42 Å². The first kappa shape index (κ1) is 17.7. The van der Waals surface area contributed by atoms with Gasteiger partial charge in [0.1, 0.15) is 10.3 Å². The highest BCUT2D eigenvalue weighted by Gasteiger charge is 2.15. The van der Waals surface area contributed by atoms with Gasteiger partial charge in [0.05, 0.1) is 17.2 Å². The highest BCUT2D eigenvalue weighted by molar-refractivity contribution is 7.89. The van der Waals surface area contributed by atoms with Crippen molar-refractivity contribution in [1.82, 2.24) is 14.7 Å². The van der Waals surface area contributed by atoms with Gasteiger partial charge in [-0.25, -0.2) is 23.1 Å². The van der Waals surface area contributed by atoms with Gasteiger partial charge >= 0.3 is 0 Å². The Hall–Kier alpha value is -2.07. The first-order chi connectivity index (χ1) is 12.0. The molecule has 0 bridgehead atoms. The van der Waals surface area contributed by atoms with Crippen LogP contribution in [0.3, 0.4) is 0 Å². The Morgan fingerprint density at radius 1 is 1.20 bits per heavy atom. The molecule has 0 saturated carbocycles. The number of benzene rings is 1. The lowest BCUT2D eigenvalue weighted by Gasteiger charge is -2.07. The van der Waals surface area contributed by atoms with E-state index in [0.717, 1.165) is 22.0 Å². The number of hydrogen-bond acceptors (Lipinski definition) is 7. The number of rotatable bonds is 7. The minimum Gasteiger partial charge on any atom is -0.395 e. The maximum atomic E-state index is 12.2. The SMILES string of the molecule is CCNc1nc2ccc(-c3cccc(S(=O)(=O)NCCO)c3)nc2s1. The summed E-state index contributed by atoms with van der Waals surface area (Å²) >= 11 is 1.46. The second-order valence-electron chi connectivity index (χ2n) is 5.22. The molecule has 0 amide bonds. The highest BCUT2D eigenvalue weighted by atomic mass is 32.2. The van der Waals surface area contributed by atoms with E-state index in [1.807, 2.05) is 25.1 Å². The number of nitrogens with one attached hydrogen (secondary N) is 2. The van der Waals surface area contributed by atoms with Crippen LogP contribution in [0.5, 0.6) is 0 Å². The molecule has 2 heterocycles. The standard InChI is InChI=1S/C16H18N4O3S2/c1-2-17-16-20-14-7-6-13(19-15(14)24-16)11-4-3-5-12(10-11)25(22,23)18-8-9-21/h3-7,10,18,21H,2,8-9H2,1H3,(H,17,20). The molecule has 0 aliphatic heterocycles. The number of sulfonamides is 1. The highest BCUT2D eigenvalue weighted by Crippen LogP contribution is 2.28. The van der Waals surface area contributed by atoms with Gasteiger partial charge in [-0.15, -0.1) is 0 Å². The summed E-state index contributed by atoms with van der Waals surface area (Å²) in [5, 5.41) is 12.8. The van der Waals surface area contributed by atoms with Crippen molar-refractivity contribution in [2.75, 3.05) is 25.0 Å². The van der Waals surface area contributed by atoms with E-state index in [1.54, 1.807) is 12.1 Å². The van der Waals surface area contributed by atoms with E-state index >= 15 is 0 Å². The van der Waals surface area contributed by atoms with Crippen LogP contribution in [-0.4, -0.2) is 43.2 Å². The number of aromatic nitrogens is 2. The Morgan fingerprint density at radius 3 is 2.80 bits per heavy atom. The molecule has 0 unspecified atom stereocenters. The second-order valence-corrected chi connectivity index (χ2v) is 7.96. The van der Waals surface area contributed by atoms with Crippen LogP contribution in [0.4, 0.5) is 5.13 Å². The average Bonchev–Trinajstić information content (AvgIpc) is 3.02. The van der Waals surface area contributed by atoms with Gasteiger partial charge in [-0.05, 0) is 31.2 Å². The van der Waals surface area contributed by atoms with Crippen LogP contribution in [-0.2, 0) is 10.0 Å². The van der Waals surface area contributed by atoms with E-state index in [0.29, 0.717) is 11.3 Å². The number of anilines is 1. The molecule has 25 heavy (non-hydrogen) atoms. The number of pyridine rings is 1. The van der Waals surface area contributed by atoms with Crippen molar-refractivity contribution in [3.8, 4) is 11.3 Å². The van der Waals surface area contributed by atoms with Gasteiger partial charge in [-0.2, -0.15) is 0 Å². The lowest BCUT2D eigenvalue weighted by Crippen LogP contribution is -2.26. The van der Waals surface area contributed by atoms with Gasteiger partial charge < -0.3 is 10.4 Å². The fourth-order valence-electron chi connectivity index (χ4n) is 2.29. The first-order valence-electron chi connectivity index (χ1n) is 7.76. The Kier molecular flexibility index (Phi) is 5.28. The number of thiazole rings is 1. The van der Waals surface area contributed by atoms with Crippen molar-refractivity contribution in [2.24, 2.45) is 0 Å². The van der Waals surface area contributed by atoms with E-state index in [-0.39, 0.29) is 18.0 Å². The number of aliphatic hydroxyl groups excluding tert-OH is 1. The summed E-state index contributed by atoms with van der Waals surface area (Å²) in [6, 6.07) is 10.3. The van der Waals surface area contributed by atoms with Crippen LogP contribution in [0.25, 0.3) is 21.6 Å². The summed E-state index contributed by atoms with van der Waals surface area (Å²) in [7, 11) is -3.66. The van der Waals surface area contributed by atoms with Crippen molar-refractivity contribution in [3.05, 3.63) is 36.4 Å². The zero-order chi connectivity index (χ0) is 17.9. The zero-order valence-electron chi connectivity index (χ0n) is 13.6. The molecule has 0 fully saturated rings. The lowest BCUT2D eigenvalue weighted by molar-refractivity contribution is 0.301. The molecular weight excluding hydrogens is 360 g/mol. The molecule has 0 aliphatic carbocycles. The molecule has 7 nitrogen and oxygen atoms in total. The van der Waals surface area contributed by atoms with Crippen LogP contribution in [0.15, 0.2) is 41.3 Å². The minimum atomic E-state index is -3.66. The molecule has 3 aromatic rings. The number of aliphatic hydroxyl groups is 1. The van der Waals surface area contributed by atoms with E-state index in [1.165, 1.54) is 17.4 Å². The number of fused-ring (bicyclic) bond motifs is 1. The molecule has 0 radical (unpaired) electrons. The van der Waals surface area contributed by atoms with Crippen molar-refractivity contribution in [1.29, 1.82) is 0 Å². The van der Waals surface area contributed by atoms with E-state index < -0.39 is 10.0 Å². The summed E-state index contributed by atoms with van der Waals surface area (Å²) < 4.78 is 26.7. The molecule has 1 aromatic carbocycles. The summed E-state index contributed by atoms with van der Waals surface area (Å²) in [5.41, 5.74) is 2.18. The van der Waals surface area contributed by atoms with Crippen molar-refractivity contribution in [2.45, 2.75) is 11.8 Å². The fraction of sp³-hybridized carbons (Fsp3) is 0.250. The monoisotopic (exact) mass is 378 g/mol. The first-order valence-corrected chi connectivity index (χ1v) is 10.1. The Bertz CT molecular complexity index is 986. The molecule has 0 aliphatic rings. The molecule has 0 atom stereocenters. The third kappa shape index (κ3) is 3.96. The van der Waals surface area contributed by atoms with Gasteiger partial charge in [-0.3, -0.25) is 0 Å². The minimum absolute atomic E-state index is 0.0230. The van der Waals surface area contributed by atoms with Gasteiger partial charge in [0.25, 0.3) is 0 Å². The molecule has 3 N–H and O–H groups in total. The molecule has 0 saturated heterocycles.